The maximum Gasteiger partial charge on any atom is 0.416 e. The van der Waals surface area contributed by atoms with Crippen LogP contribution in [-0.2, 0) is 6.18 Å². The van der Waals surface area contributed by atoms with E-state index >= 15 is 0 Å². The third-order valence-corrected chi connectivity index (χ3v) is 4.02. The average molecular weight is 356 g/mol. The van der Waals surface area contributed by atoms with E-state index < -0.39 is 11.7 Å². The molecule has 26 heavy (non-hydrogen) atoms. The van der Waals surface area contributed by atoms with Crippen molar-refractivity contribution in [2.45, 2.75) is 6.18 Å². The van der Waals surface area contributed by atoms with Crippen molar-refractivity contribution in [2.75, 3.05) is 0 Å². The van der Waals surface area contributed by atoms with Crippen molar-refractivity contribution in [3.8, 4) is 28.6 Å². The van der Waals surface area contributed by atoms with Crippen LogP contribution in [0.15, 0.2) is 65.2 Å². The Bertz CT molecular complexity index is 1090. The van der Waals surface area contributed by atoms with Crippen LogP contribution in [0, 0.1) is 0 Å². The first-order valence-electron chi connectivity index (χ1n) is 7.66. The zero-order valence-corrected chi connectivity index (χ0v) is 13.2. The summed E-state index contributed by atoms with van der Waals surface area (Å²) in [5, 5.41) is 15.7. The van der Waals surface area contributed by atoms with Crippen molar-refractivity contribution < 1.29 is 22.8 Å². The Morgan fingerprint density at radius 3 is 2.35 bits per heavy atom. The van der Waals surface area contributed by atoms with E-state index in [1.807, 2.05) is 24.3 Å². The summed E-state index contributed by atoms with van der Waals surface area (Å²) in [7, 11) is 0. The van der Waals surface area contributed by atoms with E-state index in [1.165, 1.54) is 18.2 Å². The van der Waals surface area contributed by atoms with Crippen molar-refractivity contribution in [1.82, 2.24) is 10.1 Å². The monoisotopic (exact) mass is 356 g/mol. The summed E-state index contributed by atoms with van der Waals surface area (Å²) in [5.41, 5.74) is 0.0122. The highest BCUT2D eigenvalue weighted by atomic mass is 19.4. The lowest BCUT2D eigenvalue weighted by molar-refractivity contribution is -0.137. The SMILES string of the molecule is Oc1ccc2ccccc2c1-c1nc(-c2ccc(C(F)(F)F)cc2)no1. The van der Waals surface area contributed by atoms with Gasteiger partial charge in [-0.2, -0.15) is 18.2 Å². The highest BCUT2D eigenvalue weighted by Crippen LogP contribution is 2.36. The molecule has 7 heteroatoms. The number of benzene rings is 3. The lowest BCUT2D eigenvalue weighted by atomic mass is 10.0. The maximum absolute atomic E-state index is 12.7. The van der Waals surface area contributed by atoms with Crippen LogP contribution in [0.1, 0.15) is 5.56 Å². The molecule has 0 spiro atoms. The lowest BCUT2D eigenvalue weighted by Gasteiger charge is -2.06. The Morgan fingerprint density at radius 2 is 1.62 bits per heavy atom. The van der Waals surface area contributed by atoms with Gasteiger partial charge in [-0.05, 0) is 29.0 Å². The van der Waals surface area contributed by atoms with E-state index in [0.29, 0.717) is 11.1 Å². The molecular formula is C19H11F3N2O2. The molecule has 0 saturated heterocycles. The molecule has 3 aromatic carbocycles. The number of aromatic hydroxyl groups is 1. The van der Waals surface area contributed by atoms with Crippen molar-refractivity contribution in [3.63, 3.8) is 0 Å². The summed E-state index contributed by atoms with van der Waals surface area (Å²) in [6.07, 6.45) is -4.41. The highest BCUT2D eigenvalue weighted by Gasteiger charge is 2.30. The number of halogens is 3. The fourth-order valence-corrected chi connectivity index (χ4v) is 2.74. The Kier molecular flexibility index (Phi) is 3.64. The van der Waals surface area contributed by atoms with Gasteiger partial charge in [0.05, 0.1) is 11.1 Å². The van der Waals surface area contributed by atoms with Crippen LogP contribution >= 0.6 is 0 Å². The Morgan fingerprint density at radius 1 is 0.885 bits per heavy atom. The first-order valence-corrected chi connectivity index (χ1v) is 7.66. The molecule has 4 nitrogen and oxygen atoms in total. The predicted molar refractivity (Wildman–Crippen MR) is 89.3 cm³/mol. The molecule has 0 bridgehead atoms. The summed E-state index contributed by atoms with van der Waals surface area (Å²) in [6.45, 7) is 0. The van der Waals surface area contributed by atoms with Crippen molar-refractivity contribution >= 4 is 10.8 Å². The molecule has 1 aromatic heterocycles. The molecule has 1 N–H and O–H groups in total. The number of phenols is 1. The van der Waals surface area contributed by atoms with Crippen LogP contribution in [0.5, 0.6) is 5.75 Å². The van der Waals surface area contributed by atoms with Crippen LogP contribution in [-0.4, -0.2) is 15.2 Å². The number of nitrogens with zero attached hydrogens (tertiary/aromatic N) is 2. The highest BCUT2D eigenvalue weighted by molar-refractivity contribution is 5.97. The first kappa shape index (κ1) is 16.1. The van der Waals surface area contributed by atoms with E-state index in [4.69, 9.17) is 4.52 Å². The number of alkyl halides is 3. The van der Waals surface area contributed by atoms with Gasteiger partial charge in [0, 0.05) is 5.56 Å². The Hall–Kier alpha value is -3.35. The second-order valence-corrected chi connectivity index (χ2v) is 5.68. The van der Waals surface area contributed by atoms with Crippen molar-refractivity contribution in [3.05, 3.63) is 66.2 Å². The number of phenolic OH excluding ortho intramolecular Hbond substituents is 1. The summed E-state index contributed by atoms with van der Waals surface area (Å²) < 4.78 is 43.2. The molecule has 0 saturated carbocycles. The fraction of sp³-hybridized carbons (Fsp3) is 0.0526. The summed E-state index contributed by atoms with van der Waals surface area (Å²) in [6, 6.07) is 15.1. The lowest BCUT2D eigenvalue weighted by Crippen LogP contribution is -2.04. The number of rotatable bonds is 2. The quantitative estimate of drug-likeness (QED) is 0.531. The van der Waals surface area contributed by atoms with E-state index in [1.54, 1.807) is 6.07 Å². The minimum Gasteiger partial charge on any atom is -0.507 e. The summed E-state index contributed by atoms with van der Waals surface area (Å²) in [4.78, 5) is 4.23. The maximum atomic E-state index is 12.7. The molecule has 0 fully saturated rings. The van der Waals surface area contributed by atoms with Gasteiger partial charge in [-0.1, -0.05) is 47.6 Å². The minimum absolute atomic E-state index is 0.0219. The first-order chi connectivity index (χ1) is 12.4. The smallest absolute Gasteiger partial charge is 0.416 e. The molecular weight excluding hydrogens is 345 g/mol. The minimum atomic E-state index is -4.41. The fourth-order valence-electron chi connectivity index (χ4n) is 2.74. The second-order valence-electron chi connectivity index (χ2n) is 5.68. The third kappa shape index (κ3) is 2.77. The van der Waals surface area contributed by atoms with Gasteiger partial charge in [-0.15, -0.1) is 0 Å². The van der Waals surface area contributed by atoms with Crippen LogP contribution in [0.2, 0.25) is 0 Å². The van der Waals surface area contributed by atoms with E-state index in [9.17, 15) is 18.3 Å². The van der Waals surface area contributed by atoms with Gasteiger partial charge in [-0.25, -0.2) is 0 Å². The van der Waals surface area contributed by atoms with Gasteiger partial charge in [-0.3, -0.25) is 0 Å². The van der Waals surface area contributed by atoms with Gasteiger partial charge in [0.15, 0.2) is 0 Å². The normalized spacial score (nSPS) is 11.8. The topological polar surface area (TPSA) is 59.2 Å². The molecule has 0 amide bonds. The summed E-state index contributed by atoms with van der Waals surface area (Å²) >= 11 is 0. The van der Waals surface area contributed by atoms with E-state index in [2.05, 4.69) is 10.1 Å². The van der Waals surface area contributed by atoms with E-state index in [0.717, 1.165) is 22.9 Å². The number of aromatic nitrogens is 2. The second kappa shape index (κ2) is 5.87. The molecule has 0 radical (unpaired) electrons. The van der Waals surface area contributed by atoms with Gasteiger partial charge in [0.1, 0.15) is 5.75 Å². The van der Waals surface area contributed by atoms with Gasteiger partial charge in [0.25, 0.3) is 5.89 Å². The Labute approximate surface area is 145 Å². The van der Waals surface area contributed by atoms with Gasteiger partial charge in [0.2, 0.25) is 5.82 Å². The van der Waals surface area contributed by atoms with Crippen LogP contribution in [0.4, 0.5) is 13.2 Å². The zero-order chi connectivity index (χ0) is 18.3. The summed E-state index contributed by atoms with van der Waals surface area (Å²) in [5.74, 6) is 0.210. The van der Waals surface area contributed by atoms with Gasteiger partial charge >= 0.3 is 6.18 Å². The van der Waals surface area contributed by atoms with Gasteiger partial charge < -0.3 is 9.63 Å². The molecule has 0 unspecified atom stereocenters. The van der Waals surface area contributed by atoms with Crippen LogP contribution < -0.4 is 0 Å². The number of hydrogen-bond acceptors (Lipinski definition) is 4. The molecule has 4 aromatic rings. The largest absolute Gasteiger partial charge is 0.507 e. The van der Waals surface area contributed by atoms with Crippen LogP contribution in [0.25, 0.3) is 33.6 Å². The van der Waals surface area contributed by atoms with Crippen LogP contribution in [0.3, 0.4) is 0 Å². The molecule has 0 aliphatic carbocycles. The molecule has 0 aliphatic heterocycles. The zero-order valence-electron chi connectivity index (χ0n) is 13.2. The molecule has 130 valence electrons. The molecule has 4 rings (SSSR count). The molecule has 1 heterocycles. The van der Waals surface area contributed by atoms with Crippen molar-refractivity contribution in [2.24, 2.45) is 0 Å². The standard InChI is InChI=1S/C19H11F3N2O2/c20-19(21,22)13-8-5-12(6-9-13)17-23-18(26-24-17)16-14-4-2-1-3-11(14)7-10-15(16)25/h1-10,25H. The number of hydrogen-bond donors (Lipinski definition) is 1. The Balaban J connectivity index is 1.77. The van der Waals surface area contributed by atoms with E-state index in [-0.39, 0.29) is 17.5 Å². The average Bonchev–Trinajstić information content (AvgIpc) is 3.10. The third-order valence-electron chi connectivity index (χ3n) is 4.02. The van der Waals surface area contributed by atoms with Crippen molar-refractivity contribution in [1.29, 1.82) is 0 Å². The molecule has 0 aliphatic rings. The molecule has 0 atom stereocenters. The predicted octanol–water partition coefficient (Wildman–Crippen LogP) is 5.28. The number of fused-ring (bicyclic) bond motifs is 1.